The monoisotopic (exact) mass is 427 g/mol. The second kappa shape index (κ2) is 6.27. The van der Waals surface area contributed by atoms with E-state index in [1.165, 1.54) is 0 Å². The van der Waals surface area contributed by atoms with E-state index in [2.05, 4.69) is 31.1 Å². The van der Waals surface area contributed by atoms with E-state index in [4.69, 9.17) is 20.4 Å². The van der Waals surface area contributed by atoms with Gasteiger partial charge in [0.2, 0.25) is 5.89 Å². The fraction of sp³-hybridized carbons (Fsp3) is 0.0714. The van der Waals surface area contributed by atoms with E-state index in [1.807, 2.05) is 18.2 Å². The van der Waals surface area contributed by atoms with E-state index in [9.17, 15) is 0 Å². The first kappa shape index (κ1) is 15.2. The van der Waals surface area contributed by atoms with Crippen LogP contribution in [0.25, 0.3) is 21.9 Å². The van der Waals surface area contributed by atoms with Crippen molar-refractivity contribution < 1.29 is 8.83 Å². The molecule has 0 fully saturated rings. The first-order chi connectivity index (χ1) is 11.2. The van der Waals surface area contributed by atoms with Crippen LogP contribution in [0.5, 0.6) is 0 Å². The molecule has 1 aromatic carbocycles. The SMILES string of the molecule is Clc1ccc2sc(SCc3nnc(-c4ccc(Br)o4)o3)nc2c1. The summed E-state index contributed by atoms with van der Waals surface area (Å²) in [6, 6.07) is 9.24. The van der Waals surface area contributed by atoms with Gasteiger partial charge in [-0.05, 0) is 46.3 Å². The van der Waals surface area contributed by atoms with Crippen molar-refractivity contribution in [1.29, 1.82) is 0 Å². The first-order valence-electron chi connectivity index (χ1n) is 6.44. The number of thiazole rings is 1. The Bertz CT molecular complexity index is 981. The summed E-state index contributed by atoms with van der Waals surface area (Å²) in [5.41, 5.74) is 0.900. The number of nitrogens with zero attached hydrogens (tertiary/aromatic N) is 3. The Kier molecular flexibility index (Phi) is 4.14. The topological polar surface area (TPSA) is 65.0 Å². The summed E-state index contributed by atoms with van der Waals surface area (Å²) in [5, 5.41) is 8.70. The summed E-state index contributed by atoms with van der Waals surface area (Å²) in [4.78, 5) is 4.54. The Morgan fingerprint density at radius 3 is 2.91 bits per heavy atom. The Hall–Kier alpha value is -1.35. The fourth-order valence-electron chi connectivity index (χ4n) is 1.91. The van der Waals surface area contributed by atoms with Gasteiger partial charge in [0, 0.05) is 5.02 Å². The molecule has 0 aliphatic heterocycles. The molecular formula is C14H7BrClN3O2S2. The lowest BCUT2D eigenvalue weighted by Crippen LogP contribution is -1.79. The largest absolute Gasteiger partial charge is 0.444 e. The number of thioether (sulfide) groups is 1. The highest BCUT2D eigenvalue weighted by Gasteiger charge is 2.13. The van der Waals surface area contributed by atoms with Crippen molar-refractivity contribution in [2.45, 2.75) is 10.1 Å². The number of rotatable bonds is 4. The smallest absolute Gasteiger partial charge is 0.283 e. The van der Waals surface area contributed by atoms with Crippen LogP contribution in [0.3, 0.4) is 0 Å². The van der Waals surface area contributed by atoms with E-state index in [-0.39, 0.29) is 0 Å². The van der Waals surface area contributed by atoms with Crippen molar-refractivity contribution >= 4 is 60.8 Å². The third-order valence-electron chi connectivity index (χ3n) is 2.90. The van der Waals surface area contributed by atoms with Gasteiger partial charge < -0.3 is 8.83 Å². The molecule has 0 radical (unpaired) electrons. The molecule has 3 aromatic heterocycles. The molecule has 4 rings (SSSR count). The Labute approximate surface area is 152 Å². The van der Waals surface area contributed by atoms with E-state index in [1.54, 1.807) is 35.2 Å². The van der Waals surface area contributed by atoms with Gasteiger partial charge in [-0.25, -0.2) is 4.98 Å². The first-order valence-corrected chi connectivity index (χ1v) is 9.42. The van der Waals surface area contributed by atoms with Gasteiger partial charge >= 0.3 is 0 Å². The average molecular weight is 429 g/mol. The number of furan rings is 1. The molecule has 0 unspecified atom stereocenters. The lowest BCUT2D eigenvalue weighted by atomic mass is 10.3. The third-order valence-corrected chi connectivity index (χ3v) is 5.73. The molecule has 0 saturated carbocycles. The van der Waals surface area contributed by atoms with Gasteiger partial charge in [0.1, 0.15) is 0 Å². The maximum Gasteiger partial charge on any atom is 0.283 e. The minimum Gasteiger partial charge on any atom is -0.444 e. The highest BCUT2D eigenvalue weighted by Crippen LogP contribution is 2.33. The second-order valence-corrected chi connectivity index (χ2v) is 7.96. The highest BCUT2D eigenvalue weighted by molar-refractivity contribution is 9.10. The molecule has 0 N–H and O–H groups in total. The van der Waals surface area contributed by atoms with Crippen molar-refractivity contribution in [3.05, 3.63) is 45.9 Å². The molecule has 116 valence electrons. The van der Waals surface area contributed by atoms with Crippen molar-refractivity contribution in [2.24, 2.45) is 0 Å². The van der Waals surface area contributed by atoms with Crippen LogP contribution in [0, 0.1) is 0 Å². The van der Waals surface area contributed by atoms with Crippen LogP contribution >= 0.6 is 50.6 Å². The summed E-state index contributed by atoms with van der Waals surface area (Å²) < 4.78 is 13.6. The number of aromatic nitrogens is 3. The van der Waals surface area contributed by atoms with Gasteiger partial charge in [0.15, 0.2) is 14.8 Å². The van der Waals surface area contributed by atoms with Crippen LogP contribution in [0.1, 0.15) is 5.89 Å². The highest BCUT2D eigenvalue weighted by atomic mass is 79.9. The molecule has 3 heterocycles. The predicted molar refractivity (Wildman–Crippen MR) is 93.9 cm³/mol. The predicted octanol–water partition coefficient (Wildman–Crippen LogP) is 5.65. The molecule has 9 heteroatoms. The van der Waals surface area contributed by atoms with Crippen molar-refractivity contribution in [3.8, 4) is 11.7 Å². The molecule has 0 saturated heterocycles. The van der Waals surface area contributed by atoms with Crippen molar-refractivity contribution in [1.82, 2.24) is 15.2 Å². The molecule has 0 aliphatic carbocycles. The normalized spacial score (nSPS) is 11.4. The summed E-state index contributed by atoms with van der Waals surface area (Å²) in [6.45, 7) is 0. The lowest BCUT2D eigenvalue weighted by Gasteiger charge is -1.91. The summed E-state index contributed by atoms with van der Waals surface area (Å²) >= 11 is 12.4. The fourth-order valence-corrected chi connectivity index (χ4v) is 4.26. The van der Waals surface area contributed by atoms with Crippen LogP contribution in [0.2, 0.25) is 5.02 Å². The minimum absolute atomic E-state index is 0.363. The minimum atomic E-state index is 0.363. The maximum atomic E-state index is 5.98. The average Bonchev–Trinajstić information content (AvgIpc) is 3.23. The summed E-state index contributed by atoms with van der Waals surface area (Å²) in [7, 11) is 0. The van der Waals surface area contributed by atoms with E-state index in [0.717, 1.165) is 14.6 Å². The van der Waals surface area contributed by atoms with Crippen molar-refractivity contribution in [2.75, 3.05) is 0 Å². The van der Waals surface area contributed by atoms with Gasteiger partial charge in [-0.2, -0.15) is 0 Å². The third kappa shape index (κ3) is 3.30. The summed E-state index contributed by atoms with van der Waals surface area (Å²) in [6.07, 6.45) is 0. The molecule has 0 spiro atoms. The van der Waals surface area contributed by atoms with Crippen LogP contribution < -0.4 is 0 Å². The van der Waals surface area contributed by atoms with Crippen LogP contribution in [-0.4, -0.2) is 15.2 Å². The zero-order chi connectivity index (χ0) is 15.8. The Morgan fingerprint density at radius 1 is 1.17 bits per heavy atom. The van der Waals surface area contributed by atoms with Crippen LogP contribution in [-0.2, 0) is 5.75 Å². The quantitative estimate of drug-likeness (QED) is 0.391. The van der Waals surface area contributed by atoms with Crippen molar-refractivity contribution in [3.63, 3.8) is 0 Å². The summed E-state index contributed by atoms with van der Waals surface area (Å²) in [5.74, 6) is 1.97. The number of hydrogen-bond donors (Lipinski definition) is 0. The van der Waals surface area contributed by atoms with E-state index in [0.29, 0.717) is 33.0 Å². The molecule has 4 aromatic rings. The molecule has 0 bridgehead atoms. The zero-order valence-corrected chi connectivity index (χ0v) is 15.3. The lowest BCUT2D eigenvalue weighted by molar-refractivity contribution is 0.486. The number of hydrogen-bond acceptors (Lipinski definition) is 7. The molecule has 0 amide bonds. The van der Waals surface area contributed by atoms with Gasteiger partial charge in [-0.15, -0.1) is 21.5 Å². The number of benzene rings is 1. The number of halogens is 2. The zero-order valence-electron chi connectivity index (χ0n) is 11.3. The van der Waals surface area contributed by atoms with Gasteiger partial charge in [-0.3, -0.25) is 0 Å². The maximum absolute atomic E-state index is 5.98. The molecule has 0 atom stereocenters. The molecular weight excluding hydrogens is 422 g/mol. The standard InChI is InChI=1S/C14H7BrClN3O2S2/c15-11-4-2-9(20-11)13-19-18-12(21-13)6-22-14-17-8-5-7(16)1-3-10(8)23-14/h1-5H,6H2. The molecule has 23 heavy (non-hydrogen) atoms. The Balaban J connectivity index is 1.49. The van der Waals surface area contributed by atoms with E-state index < -0.39 is 0 Å². The Morgan fingerprint density at radius 2 is 2.09 bits per heavy atom. The van der Waals surface area contributed by atoms with E-state index >= 15 is 0 Å². The van der Waals surface area contributed by atoms with Crippen LogP contribution in [0.15, 0.2) is 48.2 Å². The van der Waals surface area contributed by atoms with Gasteiger partial charge in [0.05, 0.1) is 16.0 Å². The molecule has 0 aliphatic rings. The van der Waals surface area contributed by atoms with Gasteiger partial charge in [0.25, 0.3) is 5.89 Å². The number of fused-ring (bicyclic) bond motifs is 1. The second-order valence-electron chi connectivity index (χ2n) is 4.49. The molecule has 5 nitrogen and oxygen atoms in total. The van der Waals surface area contributed by atoms with Gasteiger partial charge in [-0.1, -0.05) is 23.4 Å². The van der Waals surface area contributed by atoms with Crippen LogP contribution in [0.4, 0.5) is 0 Å².